The monoisotopic (exact) mass is 154 g/mol. The van der Waals surface area contributed by atoms with Crippen LogP contribution in [0, 0.1) is 0 Å². The maximum atomic E-state index is 5.38. The summed E-state index contributed by atoms with van der Waals surface area (Å²) in [6, 6.07) is 1.54. The highest BCUT2D eigenvalue weighted by Crippen LogP contribution is 2.09. The Labute approximate surface area is 64.0 Å². The van der Waals surface area contributed by atoms with Crippen molar-refractivity contribution in [2.75, 3.05) is 23.5 Å². The van der Waals surface area contributed by atoms with E-state index in [1.807, 2.05) is 0 Å². The molecule has 0 spiro atoms. The second kappa shape index (κ2) is 2.59. The zero-order valence-electron chi connectivity index (χ0n) is 6.15. The largest absolute Gasteiger partial charge is 0.383 e. The van der Waals surface area contributed by atoms with E-state index in [4.69, 9.17) is 17.3 Å². The lowest BCUT2D eigenvalue weighted by Gasteiger charge is -2.10. The molecule has 1 rings (SSSR count). The highest BCUT2D eigenvalue weighted by Gasteiger charge is 2.00. The molecule has 6 nitrogen and oxygen atoms in total. The number of hydrazine groups is 1. The van der Waals surface area contributed by atoms with Crippen molar-refractivity contribution in [1.29, 1.82) is 0 Å². The number of hydrogen-bond acceptors (Lipinski definition) is 6. The molecule has 0 aliphatic heterocycles. The number of hydrogen-bond donors (Lipinski definition) is 3. The predicted octanol–water partition coefficient (Wildman–Crippen LogP) is -1.05. The van der Waals surface area contributed by atoms with Gasteiger partial charge in [-0.2, -0.15) is 9.97 Å². The minimum Gasteiger partial charge on any atom is -0.383 e. The fourth-order valence-electron chi connectivity index (χ4n) is 0.652. The first-order valence-electron chi connectivity index (χ1n) is 2.98. The second-order valence-corrected chi connectivity index (χ2v) is 2.12. The van der Waals surface area contributed by atoms with E-state index in [0.29, 0.717) is 11.6 Å². The van der Waals surface area contributed by atoms with Gasteiger partial charge in [-0.3, -0.25) is 5.01 Å². The van der Waals surface area contributed by atoms with Crippen molar-refractivity contribution in [2.24, 2.45) is 5.84 Å². The molecular weight excluding hydrogens is 144 g/mol. The smallest absolute Gasteiger partial charge is 0.223 e. The summed E-state index contributed by atoms with van der Waals surface area (Å²) in [5.74, 6) is 6.31. The van der Waals surface area contributed by atoms with Crippen LogP contribution in [0.2, 0.25) is 0 Å². The van der Waals surface area contributed by atoms with Crippen molar-refractivity contribution >= 4 is 17.6 Å². The van der Waals surface area contributed by atoms with Gasteiger partial charge in [0.05, 0.1) is 0 Å². The molecule has 1 heterocycles. The van der Waals surface area contributed by atoms with Gasteiger partial charge in [-0.05, 0) is 0 Å². The third kappa shape index (κ3) is 1.68. The maximum Gasteiger partial charge on any atom is 0.223 e. The first-order chi connectivity index (χ1) is 5.09. The summed E-state index contributed by atoms with van der Waals surface area (Å²) >= 11 is 0. The molecule has 0 fully saturated rings. The SMILES string of the molecule is CN(N)c1cc(N)nc(N)n1. The Kier molecular flexibility index (Phi) is 1.77. The Morgan fingerprint density at radius 2 is 2.00 bits per heavy atom. The number of aromatic nitrogens is 2. The Morgan fingerprint density at radius 3 is 2.45 bits per heavy atom. The van der Waals surface area contributed by atoms with Gasteiger partial charge in [0.2, 0.25) is 5.95 Å². The number of anilines is 3. The van der Waals surface area contributed by atoms with E-state index >= 15 is 0 Å². The zero-order chi connectivity index (χ0) is 8.43. The lowest BCUT2D eigenvalue weighted by molar-refractivity contribution is 0.969. The molecule has 11 heavy (non-hydrogen) atoms. The summed E-state index contributed by atoms with van der Waals surface area (Å²) in [5.41, 5.74) is 10.7. The van der Waals surface area contributed by atoms with Crippen LogP contribution in [-0.2, 0) is 0 Å². The molecule has 1 aromatic heterocycles. The van der Waals surface area contributed by atoms with Gasteiger partial charge in [-0.25, -0.2) is 5.84 Å². The third-order valence-corrected chi connectivity index (χ3v) is 1.11. The van der Waals surface area contributed by atoms with Crippen molar-refractivity contribution < 1.29 is 0 Å². The molecule has 0 radical (unpaired) electrons. The molecule has 0 unspecified atom stereocenters. The Morgan fingerprint density at radius 1 is 1.36 bits per heavy atom. The summed E-state index contributed by atoms with van der Waals surface area (Å²) in [6.45, 7) is 0. The molecule has 6 heteroatoms. The van der Waals surface area contributed by atoms with Gasteiger partial charge in [0, 0.05) is 13.1 Å². The van der Waals surface area contributed by atoms with Crippen LogP contribution in [0.25, 0.3) is 0 Å². The van der Waals surface area contributed by atoms with Gasteiger partial charge in [-0.15, -0.1) is 0 Å². The molecule has 0 aliphatic rings. The molecule has 0 atom stereocenters. The van der Waals surface area contributed by atoms with Crippen molar-refractivity contribution in [3.8, 4) is 0 Å². The van der Waals surface area contributed by atoms with Crippen LogP contribution in [0.1, 0.15) is 0 Å². The minimum absolute atomic E-state index is 0.123. The highest BCUT2D eigenvalue weighted by molar-refractivity contribution is 5.48. The fourth-order valence-corrected chi connectivity index (χ4v) is 0.652. The quantitative estimate of drug-likeness (QED) is 0.352. The first kappa shape index (κ1) is 7.55. The molecule has 1 aromatic rings. The Hall–Kier alpha value is -1.56. The normalized spacial score (nSPS) is 9.64. The average molecular weight is 154 g/mol. The van der Waals surface area contributed by atoms with E-state index in [1.54, 1.807) is 7.05 Å². The third-order valence-electron chi connectivity index (χ3n) is 1.11. The molecule has 0 aliphatic carbocycles. The number of nitrogen functional groups attached to an aromatic ring is 2. The molecule has 60 valence electrons. The molecule has 6 N–H and O–H groups in total. The van der Waals surface area contributed by atoms with Crippen LogP contribution in [0.4, 0.5) is 17.6 Å². The molecule has 0 aromatic carbocycles. The van der Waals surface area contributed by atoms with Crippen molar-refractivity contribution in [2.45, 2.75) is 0 Å². The van der Waals surface area contributed by atoms with E-state index < -0.39 is 0 Å². The van der Waals surface area contributed by atoms with E-state index in [0.717, 1.165) is 0 Å². The van der Waals surface area contributed by atoms with Gasteiger partial charge in [-0.1, -0.05) is 0 Å². The summed E-state index contributed by atoms with van der Waals surface area (Å²) < 4.78 is 0. The summed E-state index contributed by atoms with van der Waals surface area (Å²) in [4.78, 5) is 7.50. The summed E-state index contributed by atoms with van der Waals surface area (Å²) in [7, 11) is 1.64. The van der Waals surface area contributed by atoms with Crippen LogP contribution in [0.15, 0.2) is 6.07 Å². The topological polar surface area (TPSA) is 107 Å². The van der Waals surface area contributed by atoms with Crippen molar-refractivity contribution in [3.63, 3.8) is 0 Å². The van der Waals surface area contributed by atoms with Crippen LogP contribution < -0.4 is 22.3 Å². The number of rotatable bonds is 1. The molecule has 0 saturated carbocycles. The zero-order valence-corrected chi connectivity index (χ0v) is 6.15. The second-order valence-electron chi connectivity index (χ2n) is 2.12. The predicted molar refractivity (Wildman–Crippen MR) is 43.4 cm³/mol. The van der Waals surface area contributed by atoms with Gasteiger partial charge < -0.3 is 11.5 Å². The number of nitrogens with zero attached hydrogens (tertiary/aromatic N) is 3. The molecule has 0 saturated heterocycles. The van der Waals surface area contributed by atoms with Gasteiger partial charge in [0.15, 0.2) is 0 Å². The van der Waals surface area contributed by atoms with Gasteiger partial charge in [0.1, 0.15) is 11.6 Å². The van der Waals surface area contributed by atoms with E-state index in [9.17, 15) is 0 Å². The van der Waals surface area contributed by atoms with Crippen LogP contribution in [0.3, 0.4) is 0 Å². The van der Waals surface area contributed by atoms with Crippen LogP contribution >= 0.6 is 0 Å². The average Bonchev–Trinajstić information content (AvgIpc) is 1.85. The summed E-state index contributed by atoms with van der Waals surface area (Å²) in [5, 5.41) is 1.31. The van der Waals surface area contributed by atoms with E-state index in [1.165, 1.54) is 11.1 Å². The lowest BCUT2D eigenvalue weighted by Crippen LogP contribution is -2.26. The molecule has 0 amide bonds. The summed E-state index contributed by atoms with van der Waals surface area (Å²) in [6.07, 6.45) is 0. The van der Waals surface area contributed by atoms with Crippen molar-refractivity contribution in [3.05, 3.63) is 6.07 Å². The van der Waals surface area contributed by atoms with Crippen molar-refractivity contribution in [1.82, 2.24) is 9.97 Å². The molecule has 0 bridgehead atoms. The minimum atomic E-state index is 0.123. The van der Waals surface area contributed by atoms with Crippen LogP contribution in [-0.4, -0.2) is 17.0 Å². The van der Waals surface area contributed by atoms with Gasteiger partial charge in [0.25, 0.3) is 0 Å². The van der Waals surface area contributed by atoms with E-state index in [-0.39, 0.29) is 5.95 Å². The number of nitrogens with two attached hydrogens (primary N) is 3. The van der Waals surface area contributed by atoms with Gasteiger partial charge >= 0.3 is 0 Å². The molecular formula is C5H10N6. The first-order valence-corrected chi connectivity index (χ1v) is 2.98. The Bertz CT molecular complexity index is 237. The Balaban J connectivity index is 3.08. The lowest BCUT2D eigenvalue weighted by atomic mass is 10.5. The standard InChI is InChI=1S/C5H10N6/c1-11(8)4-2-3(6)9-5(7)10-4/h2H,8H2,1H3,(H4,6,7,9,10). The maximum absolute atomic E-state index is 5.38. The highest BCUT2D eigenvalue weighted by atomic mass is 15.4. The fraction of sp³-hybridized carbons (Fsp3) is 0.200. The van der Waals surface area contributed by atoms with Crippen LogP contribution in [0.5, 0.6) is 0 Å². The van der Waals surface area contributed by atoms with E-state index in [2.05, 4.69) is 9.97 Å².